The van der Waals surface area contributed by atoms with E-state index in [0.717, 1.165) is 6.07 Å². The minimum atomic E-state index is -1.08. The van der Waals surface area contributed by atoms with Crippen molar-refractivity contribution in [2.45, 2.75) is 25.2 Å². The van der Waals surface area contributed by atoms with E-state index in [-0.39, 0.29) is 18.1 Å². The highest BCUT2D eigenvalue weighted by molar-refractivity contribution is 6.06. The topological polar surface area (TPSA) is 58.6 Å². The van der Waals surface area contributed by atoms with Gasteiger partial charge in [-0.1, -0.05) is 0 Å². The highest BCUT2D eigenvalue weighted by atomic mass is 19.1. The second kappa shape index (κ2) is 4.77. The summed E-state index contributed by atoms with van der Waals surface area (Å²) in [5.41, 5.74) is -0.765. The van der Waals surface area contributed by atoms with Crippen LogP contribution in [0.15, 0.2) is 12.1 Å². The number of nitrogens with zero attached hydrogens (tertiary/aromatic N) is 1. The Morgan fingerprint density at radius 1 is 1.43 bits per heavy atom. The highest BCUT2D eigenvalue weighted by Crippen LogP contribution is 2.45. The number of carbonyl (C=O) groups is 2. The first-order chi connectivity index (χ1) is 9.92. The molecule has 2 aliphatic heterocycles. The Morgan fingerprint density at radius 3 is 2.90 bits per heavy atom. The fraction of sp³-hybridized carbons (Fsp3) is 0.429. The smallest absolute Gasteiger partial charge is 0.322 e. The van der Waals surface area contributed by atoms with Crippen molar-refractivity contribution in [3.05, 3.63) is 29.3 Å². The van der Waals surface area contributed by atoms with Crippen molar-refractivity contribution in [2.75, 3.05) is 18.4 Å². The van der Waals surface area contributed by atoms with Crippen LogP contribution in [0, 0.1) is 11.6 Å². The lowest BCUT2D eigenvalue weighted by Crippen LogP contribution is -2.50. The van der Waals surface area contributed by atoms with Gasteiger partial charge in [-0.2, -0.15) is 0 Å². The normalized spacial score (nSPS) is 24.8. The summed E-state index contributed by atoms with van der Waals surface area (Å²) < 4.78 is 27.3. The Hall–Kier alpha value is -2.02. The summed E-state index contributed by atoms with van der Waals surface area (Å²) >= 11 is 0. The van der Waals surface area contributed by atoms with Gasteiger partial charge in [-0.15, -0.1) is 5.06 Å². The van der Waals surface area contributed by atoms with Gasteiger partial charge in [0.1, 0.15) is 11.6 Å². The molecule has 112 valence electrons. The monoisotopic (exact) mass is 296 g/mol. The molecule has 21 heavy (non-hydrogen) atoms. The fourth-order valence-electron chi connectivity index (χ4n) is 3.11. The number of halogens is 2. The molecule has 5 nitrogen and oxygen atoms in total. The van der Waals surface area contributed by atoms with Gasteiger partial charge in [0.05, 0.1) is 17.6 Å². The summed E-state index contributed by atoms with van der Waals surface area (Å²) in [5, 5.41) is 3.86. The number of fused-ring (bicyclic) bond motifs is 2. The molecule has 0 bridgehead atoms. The summed E-state index contributed by atoms with van der Waals surface area (Å²) in [6.07, 6.45) is 1.03. The van der Waals surface area contributed by atoms with Gasteiger partial charge in [0.15, 0.2) is 0 Å². The van der Waals surface area contributed by atoms with Crippen molar-refractivity contribution in [1.82, 2.24) is 5.06 Å². The van der Waals surface area contributed by atoms with Crippen molar-refractivity contribution >= 4 is 17.6 Å². The van der Waals surface area contributed by atoms with Crippen LogP contribution in [0.5, 0.6) is 0 Å². The van der Waals surface area contributed by atoms with Gasteiger partial charge in [0, 0.05) is 19.5 Å². The van der Waals surface area contributed by atoms with E-state index in [9.17, 15) is 18.4 Å². The zero-order valence-electron chi connectivity index (χ0n) is 11.4. The number of rotatable bonds is 1. The van der Waals surface area contributed by atoms with Gasteiger partial charge in [-0.05, 0) is 24.5 Å². The molecule has 0 saturated carbocycles. The molecule has 3 rings (SSSR count). The summed E-state index contributed by atoms with van der Waals surface area (Å²) in [4.78, 5) is 28.4. The predicted octanol–water partition coefficient (Wildman–Crippen LogP) is 1.73. The number of nitrogens with one attached hydrogen (secondary N) is 1. The van der Waals surface area contributed by atoms with Crippen LogP contribution in [-0.4, -0.2) is 30.0 Å². The van der Waals surface area contributed by atoms with Crippen LogP contribution in [0.3, 0.4) is 0 Å². The molecule has 1 N–H and O–H groups in total. The molecule has 0 aromatic heterocycles. The summed E-state index contributed by atoms with van der Waals surface area (Å²) in [7, 11) is 0. The molecule has 1 saturated heterocycles. The molecule has 1 spiro atoms. The van der Waals surface area contributed by atoms with Crippen LogP contribution in [0.25, 0.3) is 0 Å². The molecule has 1 amide bonds. The van der Waals surface area contributed by atoms with Crippen molar-refractivity contribution in [3.8, 4) is 0 Å². The largest absolute Gasteiger partial charge is 0.368 e. The van der Waals surface area contributed by atoms with E-state index in [1.807, 2.05) is 0 Å². The van der Waals surface area contributed by atoms with E-state index in [4.69, 9.17) is 4.84 Å². The quantitative estimate of drug-likeness (QED) is 0.857. The number of benzene rings is 1. The van der Waals surface area contributed by atoms with Gasteiger partial charge in [0.2, 0.25) is 5.91 Å². The molecule has 1 aromatic carbocycles. The van der Waals surface area contributed by atoms with Crippen LogP contribution in [0.1, 0.15) is 25.3 Å². The molecule has 7 heteroatoms. The first kappa shape index (κ1) is 13.9. The van der Waals surface area contributed by atoms with Crippen LogP contribution in [0.4, 0.5) is 14.5 Å². The van der Waals surface area contributed by atoms with Crippen molar-refractivity contribution < 1.29 is 23.2 Å². The summed E-state index contributed by atoms with van der Waals surface area (Å²) in [5.74, 6) is -2.40. The minimum Gasteiger partial charge on any atom is -0.368 e. The van der Waals surface area contributed by atoms with Gasteiger partial charge in [-0.3, -0.25) is 9.59 Å². The number of amides is 1. The average molecular weight is 296 g/mol. The minimum absolute atomic E-state index is 0.0195. The third-order valence-corrected chi connectivity index (χ3v) is 3.96. The van der Waals surface area contributed by atoms with Crippen LogP contribution >= 0.6 is 0 Å². The second-order valence-electron chi connectivity index (χ2n) is 5.40. The zero-order valence-corrected chi connectivity index (χ0v) is 11.4. The number of anilines is 1. The van der Waals surface area contributed by atoms with Gasteiger partial charge >= 0.3 is 5.97 Å². The maximum absolute atomic E-state index is 13.8. The molecule has 2 aliphatic rings. The SMILES string of the molecule is CC(=O)ON1CCCC2(C1)C(=O)Nc1c(F)cc(F)cc12. The van der Waals surface area contributed by atoms with E-state index in [1.54, 1.807) is 0 Å². The number of hydrogen-bond donors (Lipinski definition) is 1. The third-order valence-electron chi connectivity index (χ3n) is 3.96. The first-order valence-corrected chi connectivity index (χ1v) is 6.67. The lowest BCUT2D eigenvalue weighted by Gasteiger charge is -2.37. The van der Waals surface area contributed by atoms with Crippen molar-refractivity contribution in [3.63, 3.8) is 0 Å². The Bertz CT molecular complexity index is 635. The lowest BCUT2D eigenvalue weighted by molar-refractivity contribution is -0.197. The number of hydroxylamine groups is 2. The maximum atomic E-state index is 13.8. The highest BCUT2D eigenvalue weighted by Gasteiger charge is 2.51. The van der Waals surface area contributed by atoms with Crippen molar-refractivity contribution in [2.24, 2.45) is 0 Å². The van der Waals surface area contributed by atoms with E-state index in [2.05, 4.69) is 5.32 Å². The van der Waals surface area contributed by atoms with E-state index < -0.39 is 23.0 Å². The Balaban J connectivity index is 2.02. The summed E-state index contributed by atoms with van der Waals surface area (Å²) in [6, 6.07) is 1.92. The van der Waals surface area contributed by atoms with Gasteiger partial charge < -0.3 is 10.2 Å². The lowest BCUT2D eigenvalue weighted by atomic mass is 9.75. The number of piperidine rings is 1. The molecule has 0 radical (unpaired) electrons. The standard InChI is InChI=1S/C14H14F2N2O3/c1-8(19)21-18-4-2-3-14(7-18)10-5-9(15)6-11(16)12(10)17-13(14)20/h5-6H,2-4,7H2,1H3,(H,17,20). The van der Waals surface area contributed by atoms with Gasteiger partial charge in [0.25, 0.3) is 0 Å². The molecule has 2 heterocycles. The van der Waals surface area contributed by atoms with E-state index in [0.29, 0.717) is 24.9 Å². The first-order valence-electron chi connectivity index (χ1n) is 6.67. The second-order valence-corrected chi connectivity index (χ2v) is 5.40. The molecule has 1 aromatic rings. The summed E-state index contributed by atoms with van der Waals surface area (Å²) in [6.45, 7) is 1.85. The maximum Gasteiger partial charge on any atom is 0.322 e. The molecule has 1 unspecified atom stereocenters. The Kier molecular flexibility index (Phi) is 3.16. The van der Waals surface area contributed by atoms with Crippen LogP contribution in [-0.2, 0) is 19.8 Å². The van der Waals surface area contributed by atoms with E-state index >= 15 is 0 Å². The van der Waals surface area contributed by atoms with Gasteiger partial charge in [-0.25, -0.2) is 8.78 Å². The zero-order chi connectivity index (χ0) is 15.2. The molecule has 1 fully saturated rings. The number of hydrogen-bond acceptors (Lipinski definition) is 4. The molecular formula is C14H14F2N2O3. The van der Waals surface area contributed by atoms with Crippen LogP contribution in [0.2, 0.25) is 0 Å². The van der Waals surface area contributed by atoms with E-state index in [1.165, 1.54) is 18.1 Å². The third kappa shape index (κ3) is 2.17. The fourth-order valence-corrected chi connectivity index (χ4v) is 3.11. The molecular weight excluding hydrogens is 282 g/mol. The molecule has 0 aliphatic carbocycles. The average Bonchev–Trinajstić information content (AvgIpc) is 2.64. The Morgan fingerprint density at radius 2 is 2.19 bits per heavy atom. The Labute approximate surface area is 119 Å². The predicted molar refractivity (Wildman–Crippen MR) is 69.2 cm³/mol. The van der Waals surface area contributed by atoms with Crippen molar-refractivity contribution in [1.29, 1.82) is 0 Å². The number of carbonyl (C=O) groups excluding carboxylic acids is 2. The van der Waals surface area contributed by atoms with Crippen LogP contribution < -0.4 is 5.32 Å². The molecule has 1 atom stereocenters.